The number of rotatable bonds is 45. The highest BCUT2D eigenvalue weighted by molar-refractivity contribution is 6.24. The van der Waals surface area contributed by atoms with Crippen LogP contribution in [0.3, 0.4) is 0 Å². The molecule has 0 aliphatic carbocycles. The Morgan fingerprint density at radius 3 is 1.77 bits per heavy atom. The number of piperidine rings is 1. The number of piperazine rings is 1. The molecule has 4 N–H and O–H groups in total. The average Bonchev–Trinajstić information content (AvgIpc) is 1.70. The van der Waals surface area contributed by atoms with Crippen LogP contribution in [-0.4, -0.2) is 251 Å². The molecule has 0 saturated carbocycles. The monoisotopic (exact) mass is 1380 g/mol. The van der Waals surface area contributed by atoms with Crippen LogP contribution in [0.15, 0.2) is 65.5 Å². The third-order valence-corrected chi connectivity index (χ3v) is 17.5. The number of imide groups is 2. The van der Waals surface area contributed by atoms with Crippen molar-refractivity contribution in [1.29, 1.82) is 0 Å². The molecule has 8 rings (SSSR count). The van der Waals surface area contributed by atoms with E-state index in [0.717, 1.165) is 77.6 Å². The molecular weight excluding hydrogens is 1280 g/mol. The molecule has 27 nitrogen and oxygen atoms in total. The number of amides is 7. The number of fused-ring (bicyclic) bond motifs is 1. The lowest BCUT2D eigenvalue weighted by Crippen LogP contribution is -2.54. The molecule has 1 unspecified atom stereocenters. The molecule has 99 heavy (non-hydrogen) atoms. The van der Waals surface area contributed by atoms with Gasteiger partial charge in [0.05, 0.1) is 143 Å². The second-order valence-corrected chi connectivity index (χ2v) is 24.5. The van der Waals surface area contributed by atoms with Gasteiger partial charge in [-0.2, -0.15) is 0 Å². The Labute approximate surface area is 579 Å². The van der Waals surface area contributed by atoms with Gasteiger partial charge in [-0.15, -0.1) is 0 Å². The van der Waals surface area contributed by atoms with Crippen molar-refractivity contribution in [1.82, 2.24) is 35.6 Å². The predicted molar refractivity (Wildman–Crippen MR) is 366 cm³/mol. The summed E-state index contributed by atoms with van der Waals surface area (Å²) in [5.74, 6) is -2.51. The molecule has 0 radical (unpaired) electrons. The van der Waals surface area contributed by atoms with E-state index in [9.17, 15) is 38.4 Å². The van der Waals surface area contributed by atoms with Crippen LogP contribution in [0.25, 0.3) is 11.1 Å². The highest BCUT2D eigenvalue weighted by Gasteiger charge is 2.46. The van der Waals surface area contributed by atoms with Crippen molar-refractivity contribution in [2.75, 3.05) is 183 Å². The summed E-state index contributed by atoms with van der Waals surface area (Å²) in [6.07, 6.45) is 2.84. The van der Waals surface area contributed by atoms with Gasteiger partial charge in [-0.3, -0.25) is 53.5 Å². The SMILES string of the molecule is CCN(c1cc(-c2ccc(CN3CCN(C(=O)CCOCCOCCOCCOCCOCCOCCOCCOCCOCCC(=O)NCCCOc4cccc5c4C(=O)N(C4CCC(=O)NC4=O)C5=O)CC3)cc2)cc(C(=O)NCc2c(C)cc(C)[nH]c2=O)c1C)C1CCOCC1. The number of benzene rings is 3. The quantitative estimate of drug-likeness (QED) is 0.0351. The van der Waals surface area contributed by atoms with Crippen LogP contribution in [0.4, 0.5) is 5.69 Å². The first-order valence-electron chi connectivity index (χ1n) is 34.7. The number of nitrogens with one attached hydrogen (secondary N) is 4. The number of aromatic amines is 1. The van der Waals surface area contributed by atoms with Crippen LogP contribution in [0.5, 0.6) is 5.75 Å². The van der Waals surface area contributed by atoms with Gasteiger partial charge < -0.3 is 77.5 Å². The van der Waals surface area contributed by atoms with E-state index in [1.165, 1.54) is 11.6 Å². The van der Waals surface area contributed by atoms with E-state index in [4.69, 9.17) is 52.1 Å². The second-order valence-electron chi connectivity index (χ2n) is 24.5. The summed E-state index contributed by atoms with van der Waals surface area (Å²) in [5, 5.41) is 8.02. The number of nitrogens with zero attached hydrogens (tertiary/aromatic N) is 4. The molecule has 4 aliphatic heterocycles. The maximum Gasteiger partial charge on any atom is 0.266 e. The fraction of sp³-hybridized carbons (Fsp3) is 0.583. The average molecular weight is 1380 g/mol. The Morgan fingerprint density at radius 1 is 0.626 bits per heavy atom. The zero-order valence-corrected chi connectivity index (χ0v) is 57.9. The Kier molecular flexibility index (Phi) is 32.7. The number of hydrogen-bond acceptors (Lipinski definition) is 21. The lowest BCUT2D eigenvalue weighted by Gasteiger charge is -2.37. The van der Waals surface area contributed by atoms with Crippen LogP contribution in [0, 0.1) is 20.8 Å². The summed E-state index contributed by atoms with van der Waals surface area (Å²) in [6, 6.07) is 18.5. The van der Waals surface area contributed by atoms with Crippen molar-refractivity contribution >= 4 is 47.0 Å². The molecule has 0 bridgehead atoms. The van der Waals surface area contributed by atoms with Gasteiger partial charge in [0, 0.05) is 107 Å². The number of aryl methyl sites for hydroxylation is 2. The Balaban J connectivity index is 0.553. The third-order valence-electron chi connectivity index (χ3n) is 17.5. The summed E-state index contributed by atoms with van der Waals surface area (Å²) >= 11 is 0. The van der Waals surface area contributed by atoms with Crippen molar-refractivity contribution in [2.24, 2.45) is 0 Å². The smallest absolute Gasteiger partial charge is 0.266 e. The Morgan fingerprint density at radius 2 is 1.20 bits per heavy atom. The highest BCUT2D eigenvalue weighted by Crippen LogP contribution is 2.36. The van der Waals surface area contributed by atoms with E-state index in [-0.39, 0.29) is 79.2 Å². The van der Waals surface area contributed by atoms with Crippen molar-refractivity contribution in [2.45, 2.75) is 97.8 Å². The molecule has 4 aliphatic rings. The van der Waals surface area contributed by atoms with Gasteiger partial charge >= 0.3 is 0 Å². The summed E-state index contributed by atoms with van der Waals surface area (Å²) in [5.41, 5.74) is 7.81. The van der Waals surface area contributed by atoms with Gasteiger partial charge in [0.15, 0.2) is 0 Å². The van der Waals surface area contributed by atoms with Crippen molar-refractivity contribution in [3.05, 3.63) is 116 Å². The summed E-state index contributed by atoms with van der Waals surface area (Å²) in [7, 11) is 0. The van der Waals surface area contributed by atoms with Gasteiger partial charge in [0.25, 0.3) is 23.3 Å². The maximum atomic E-state index is 14.0. The van der Waals surface area contributed by atoms with Crippen LogP contribution < -0.4 is 31.1 Å². The molecule has 7 amide bonds. The van der Waals surface area contributed by atoms with E-state index in [1.54, 1.807) is 12.1 Å². The lowest BCUT2D eigenvalue weighted by molar-refractivity contribution is -0.136. The topological polar surface area (TPSA) is 303 Å². The zero-order valence-electron chi connectivity index (χ0n) is 57.9. The zero-order chi connectivity index (χ0) is 70.1. The third kappa shape index (κ3) is 24.4. The first kappa shape index (κ1) is 77.2. The van der Waals surface area contributed by atoms with E-state index in [2.05, 4.69) is 68.0 Å². The Hall–Kier alpha value is -7.54. The van der Waals surface area contributed by atoms with E-state index >= 15 is 0 Å². The van der Waals surface area contributed by atoms with E-state index in [1.807, 2.05) is 37.8 Å². The number of hydrogen-bond donors (Lipinski definition) is 4. The number of anilines is 1. The lowest BCUT2D eigenvalue weighted by atomic mass is 9.94. The summed E-state index contributed by atoms with van der Waals surface area (Å²) in [4.78, 5) is 113. The van der Waals surface area contributed by atoms with Crippen molar-refractivity contribution in [3.63, 3.8) is 0 Å². The van der Waals surface area contributed by atoms with Gasteiger partial charge in [-0.25, -0.2) is 0 Å². The minimum Gasteiger partial charge on any atom is -0.493 e. The first-order chi connectivity index (χ1) is 48.2. The molecule has 542 valence electrons. The first-order valence-corrected chi connectivity index (χ1v) is 34.7. The number of H-pyrrole nitrogens is 1. The maximum absolute atomic E-state index is 14.0. The van der Waals surface area contributed by atoms with E-state index in [0.29, 0.717) is 175 Å². The number of pyridine rings is 1. The fourth-order valence-corrected chi connectivity index (χ4v) is 12.1. The van der Waals surface area contributed by atoms with Crippen molar-refractivity contribution < 1.29 is 85.7 Å². The normalized spacial score (nSPS) is 15.9. The minimum atomic E-state index is -1.07. The molecule has 3 fully saturated rings. The van der Waals surface area contributed by atoms with Crippen LogP contribution in [-0.2, 0) is 79.6 Å². The van der Waals surface area contributed by atoms with Gasteiger partial charge in [0.2, 0.25) is 23.6 Å². The number of aromatic nitrogens is 1. The van der Waals surface area contributed by atoms with Crippen molar-refractivity contribution in [3.8, 4) is 16.9 Å². The highest BCUT2D eigenvalue weighted by atomic mass is 16.6. The molecule has 1 aromatic heterocycles. The molecule has 1 atom stereocenters. The van der Waals surface area contributed by atoms with Gasteiger partial charge in [-0.1, -0.05) is 30.3 Å². The number of carbonyl (C=O) groups is 7. The van der Waals surface area contributed by atoms with Crippen LogP contribution in [0.2, 0.25) is 0 Å². The second kappa shape index (κ2) is 41.9. The largest absolute Gasteiger partial charge is 0.493 e. The standard InChI is InChI=1S/C72H100N8O19/c1-5-79(57-16-26-89-27-17-57)62-48-56(47-59(53(62)4)68(84)74-49-60-51(2)46-52(3)75-69(60)85)55-12-10-54(11-13-55)50-77-21-23-78(24-22-77)66(83)19-29-91-31-33-93-35-37-95-39-41-97-43-45-98-44-42-96-40-38-94-36-34-92-32-30-90-28-18-64(81)73-20-7-25-99-63-9-6-8-58-67(63)72(88)80(71(58)87)61-14-15-65(82)76-70(61)86/h6,8-13,46-48,57,61H,5,7,14-45,49-50H2,1-4H3,(H,73,81)(H,74,84)(H,75,85)(H,76,82,86). The van der Waals surface area contributed by atoms with Gasteiger partial charge in [0.1, 0.15) is 11.8 Å². The molecule has 4 aromatic rings. The molecule has 0 spiro atoms. The minimum absolute atomic E-state index is 0.0283. The van der Waals surface area contributed by atoms with E-state index < -0.39 is 29.7 Å². The fourth-order valence-electron chi connectivity index (χ4n) is 12.1. The number of ether oxygens (including phenoxy) is 11. The van der Waals surface area contributed by atoms with Crippen LogP contribution >= 0.6 is 0 Å². The van der Waals surface area contributed by atoms with Crippen LogP contribution in [0.1, 0.15) is 111 Å². The summed E-state index contributed by atoms with van der Waals surface area (Å²) in [6.45, 7) is 21.4. The van der Waals surface area contributed by atoms with Gasteiger partial charge in [-0.05, 0) is 112 Å². The molecule has 3 saturated heterocycles. The molecule has 5 heterocycles. The predicted octanol–water partition coefficient (Wildman–Crippen LogP) is 4.46. The Bertz CT molecular complexity index is 3320. The molecular formula is C72H100N8O19. The summed E-state index contributed by atoms with van der Waals surface area (Å²) < 4.78 is 61.6. The molecule has 3 aromatic carbocycles. The molecule has 27 heteroatoms. The number of carbonyl (C=O) groups excluding carboxylic acids is 7.